The maximum absolute atomic E-state index is 12.4. The minimum absolute atomic E-state index is 0.143. The van der Waals surface area contributed by atoms with E-state index in [-0.39, 0.29) is 10.8 Å². The van der Waals surface area contributed by atoms with E-state index >= 15 is 0 Å². The molecule has 2 aliphatic rings. The number of aromatic nitrogens is 1. The number of sulfonamides is 1. The van der Waals surface area contributed by atoms with Crippen molar-refractivity contribution in [1.29, 1.82) is 0 Å². The van der Waals surface area contributed by atoms with Gasteiger partial charge in [0, 0.05) is 23.1 Å². The molecule has 3 N–H and O–H groups in total. The minimum Gasteiger partial charge on any atom is -0.361 e. The Kier molecular flexibility index (Phi) is 3.77. The second kappa shape index (κ2) is 5.86. The topological polar surface area (TPSA) is 91.1 Å². The van der Waals surface area contributed by atoms with Gasteiger partial charge in [0.15, 0.2) is 0 Å². The summed E-state index contributed by atoms with van der Waals surface area (Å²) in [7, 11) is -2.19. The fourth-order valence-corrected chi connectivity index (χ4v) is 4.27. The molecule has 130 valence electrons. The van der Waals surface area contributed by atoms with Gasteiger partial charge in [-0.25, -0.2) is 13.1 Å². The average molecular weight is 357 g/mol. The van der Waals surface area contributed by atoms with Crippen molar-refractivity contribution in [3.63, 3.8) is 0 Å². The molecule has 7 heteroatoms. The molecule has 0 bridgehead atoms. The first-order chi connectivity index (χ1) is 12.0. The Labute approximate surface area is 146 Å². The van der Waals surface area contributed by atoms with E-state index in [2.05, 4.69) is 15.0 Å². The fraction of sp³-hybridized carbons (Fsp3) is 0.278. The van der Waals surface area contributed by atoms with Gasteiger partial charge in [-0.15, -0.1) is 0 Å². The SMILES string of the molecule is CNS(=O)(=O)c1ccc2c(c1)C(=Cc1[nH]cc3c1CCCC3)C(=O)N2. The van der Waals surface area contributed by atoms with E-state index in [4.69, 9.17) is 0 Å². The Hall–Kier alpha value is -2.38. The Morgan fingerprint density at radius 1 is 1.20 bits per heavy atom. The number of aromatic amines is 1. The van der Waals surface area contributed by atoms with Crippen molar-refractivity contribution in [2.75, 3.05) is 12.4 Å². The van der Waals surface area contributed by atoms with Crippen LogP contribution in [0.3, 0.4) is 0 Å². The molecule has 1 aromatic heterocycles. The summed E-state index contributed by atoms with van der Waals surface area (Å²) < 4.78 is 26.4. The predicted octanol–water partition coefficient (Wildman–Crippen LogP) is 2.29. The van der Waals surface area contributed by atoms with E-state index in [9.17, 15) is 13.2 Å². The number of rotatable bonds is 3. The molecule has 0 radical (unpaired) electrons. The van der Waals surface area contributed by atoms with Gasteiger partial charge in [0.05, 0.1) is 10.5 Å². The van der Waals surface area contributed by atoms with Crippen molar-refractivity contribution in [1.82, 2.24) is 9.71 Å². The molecule has 2 heterocycles. The van der Waals surface area contributed by atoms with Crippen LogP contribution in [0.4, 0.5) is 5.69 Å². The smallest absolute Gasteiger partial charge is 0.256 e. The molecule has 0 saturated heterocycles. The zero-order valence-electron chi connectivity index (χ0n) is 13.8. The number of benzene rings is 1. The third kappa shape index (κ3) is 2.69. The number of nitrogens with one attached hydrogen (secondary N) is 3. The van der Waals surface area contributed by atoms with E-state index in [1.54, 1.807) is 12.1 Å². The van der Waals surface area contributed by atoms with Crippen molar-refractivity contribution >= 4 is 33.3 Å². The number of carbonyl (C=O) groups excluding carboxylic acids is 1. The number of anilines is 1. The van der Waals surface area contributed by atoms with E-state index < -0.39 is 10.0 Å². The van der Waals surface area contributed by atoms with Crippen molar-refractivity contribution in [3.05, 3.63) is 46.8 Å². The summed E-state index contributed by atoms with van der Waals surface area (Å²) in [5.41, 5.74) is 5.24. The van der Waals surface area contributed by atoms with Crippen LogP contribution in [0.25, 0.3) is 11.6 Å². The van der Waals surface area contributed by atoms with Crippen LogP contribution in [0.15, 0.2) is 29.3 Å². The second-order valence-electron chi connectivity index (χ2n) is 6.34. The molecule has 1 aromatic carbocycles. The monoisotopic (exact) mass is 357 g/mol. The molecule has 0 saturated carbocycles. The fourth-order valence-electron chi connectivity index (χ4n) is 3.52. The number of aryl methyl sites for hydroxylation is 1. The quantitative estimate of drug-likeness (QED) is 0.736. The Morgan fingerprint density at radius 2 is 2.00 bits per heavy atom. The van der Waals surface area contributed by atoms with Crippen LogP contribution in [0.2, 0.25) is 0 Å². The van der Waals surface area contributed by atoms with Gasteiger partial charge in [-0.3, -0.25) is 4.79 Å². The molecule has 0 atom stereocenters. The Balaban J connectivity index is 1.81. The molecule has 0 unspecified atom stereocenters. The zero-order valence-corrected chi connectivity index (χ0v) is 14.7. The average Bonchev–Trinajstić information content (AvgIpc) is 3.16. The molecular formula is C18H19N3O3S. The molecule has 2 aromatic rings. The molecule has 1 aliphatic carbocycles. The molecular weight excluding hydrogens is 338 g/mol. The van der Waals surface area contributed by atoms with Gasteiger partial charge in [0.25, 0.3) is 5.91 Å². The van der Waals surface area contributed by atoms with Crippen LogP contribution in [0.1, 0.15) is 35.2 Å². The minimum atomic E-state index is -3.56. The van der Waals surface area contributed by atoms with Gasteiger partial charge in [-0.2, -0.15) is 0 Å². The molecule has 0 spiro atoms. The van der Waals surface area contributed by atoms with Gasteiger partial charge in [0.2, 0.25) is 10.0 Å². The number of amides is 1. The lowest BCUT2D eigenvalue weighted by Gasteiger charge is -2.11. The number of carbonyl (C=O) groups is 1. The second-order valence-corrected chi connectivity index (χ2v) is 8.23. The van der Waals surface area contributed by atoms with Gasteiger partial charge < -0.3 is 10.3 Å². The van der Waals surface area contributed by atoms with Crippen molar-refractivity contribution < 1.29 is 13.2 Å². The van der Waals surface area contributed by atoms with Crippen LogP contribution in [-0.2, 0) is 27.7 Å². The third-order valence-electron chi connectivity index (χ3n) is 4.88. The van der Waals surface area contributed by atoms with Crippen LogP contribution < -0.4 is 10.0 Å². The largest absolute Gasteiger partial charge is 0.361 e. The summed E-state index contributed by atoms with van der Waals surface area (Å²) in [5.74, 6) is -0.215. The summed E-state index contributed by atoms with van der Waals surface area (Å²) in [6.07, 6.45) is 8.24. The number of H-pyrrole nitrogens is 1. The molecule has 1 aliphatic heterocycles. The van der Waals surface area contributed by atoms with Gasteiger partial charge in [-0.05, 0) is 68.1 Å². The van der Waals surface area contributed by atoms with E-state index in [0.29, 0.717) is 16.8 Å². The first-order valence-electron chi connectivity index (χ1n) is 8.30. The van der Waals surface area contributed by atoms with Crippen LogP contribution in [0.5, 0.6) is 0 Å². The first-order valence-corrected chi connectivity index (χ1v) is 9.78. The van der Waals surface area contributed by atoms with Crippen molar-refractivity contribution in [2.45, 2.75) is 30.6 Å². The van der Waals surface area contributed by atoms with Crippen molar-refractivity contribution in [3.8, 4) is 0 Å². The highest BCUT2D eigenvalue weighted by Crippen LogP contribution is 2.36. The summed E-state index contributed by atoms with van der Waals surface area (Å²) in [5, 5.41) is 2.80. The lowest BCUT2D eigenvalue weighted by atomic mass is 9.93. The lowest BCUT2D eigenvalue weighted by Crippen LogP contribution is -2.18. The maximum atomic E-state index is 12.4. The predicted molar refractivity (Wildman–Crippen MR) is 96.6 cm³/mol. The normalized spacial score (nSPS) is 18.1. The standard InChI is InChI=1S/C18H19N3O3S/c1-19-25(23,24)12-6-7-16-14(8-12)15(18(22)21-16)9-17-13-5-3-2-4-11(13)10-20-17/h6-10,19-20H,2-5H2,1H3,(H,21,22). The van der Waals surface area contributed by atoms with Gasteiger partial charge >= 0.3 is 0 Å². The van der Waals surface area contributed by atoms with Crippen LogP contribution in [0, 0.1) is 0 Å². The summed E-state index contributed by atoms with van der Waals surface area (Å²) in [4.78, 5) is 15.8. The molecule has 4 rings (SSSR count). The summed E-state index contributed by atoms with van der Waals surface area (Å²) in [6, 6.07) is 4.66. The summed E-state index contributed by atoms with van der Waals surface area (Å²) in [6.45, 7) is 0. The molecule has 1 amide bonds. The summed E-state index contributed by atoms with van der Waals surface area (Å²) >= 11 is 0. The van der Waals surface area contributed by atoms with Crippen LogP contribution >= 0.6 is 0 Å². The Bertz CT molecular complexity index is 1000. The van der Waals surface area contributed by atoms with Crippen LogP contribution in [-0.4, -0.2) is 26.4 Å². The molecule has 25 heavy (non-hydrogen) atoms. The highest BCUT2D eigenvalue weighted by molar-refractivity contribution is 7.89. The number of fused-ring (bicyclic) bond motifs is 2. The molecule has 0 fully saturated rings. The lowest BCUT2D eigenvalue weighted by molar-refractivity contribution is -0.110. The number of hydrogen-bond acceptors (Lipinski definition) is 3. The highest BCUT2D eigenvalue weighted by atomic mass is 32.2. The third-order valence-corrected chi connectivity index (χ3v) is 6.29. The van der Waals surface area contributed by atoms with E-state index in [1.807, 2.05) is 12.3 Å². The highest BCUT2D eigenvalue weighted by Gasteiger charge is 2.27. The van der Waals surface area contributed by atoms with E-state index in [1.165, 1.54) is 30.7 Å². The Morgan fingerprint density at radius 3 is 2.80 bits per heavy atom. The zero-order chi connectivity index (χ0) is 17.6. The van der Waals surface area contributed by atoms with Crippen molar-refractivity contribution in [2.24, 2.45) is 0 Å². The molecule has 6 nitrogen and oxygen atoms in total. The maximum Gasteiger partial charge on any atom is 0.256 e. The first kappa shape index (κ1) is 16.1. The van der Waals surface area contributed by atoms with E-state index in [0.717, 1.165) is 25.0 Å². The van der Waals surface area contributed by atoms with Gasteiger partial charge in [-0.1, -0.05) is 0 Å². The van der Waals surface area contributed by atoms with Gasteiger partial charge in [0.1, 0.15) is 0 Å². The number of hydrogen-bond donors (Lipinski definition) is 3.